The van der Waals surface area contributed by atoms with Gasteiger partial charge in [-0.05, 0) is 49.2 Å². The molecule has 2 amide bonds. The van der Waals surface area contributed by atoms with Crippen molar-refractivity contribution < 1.29 is 9.59 Å². The first-order valence-electron chi connectivity index (χ1n) is 8.49. The van der Waals surface area contributed by atoms with Crippen LogP contribution in [0, 0.1) is 0 Å². The van der Waals surface area contributed by atoms with Crippen LogP contribution in [0.25, 0.3) is 5.69 Å². The Kier molecular flexibility index (Phi) is 4.99. The van der Waals surface area contributed by atoms with E-state index in [0.717, 1.165) is 31.6 Å². The predicted octanol–water partition coefficient (Wildman–Crippen LogP) is 2.61. The van der Waals surface area contributed by atoms with E-state index in [4.69, 9.17) is 0 Å². The minimum Gasteiger partial charge on any atom is -0.349 e. The fourth-order valence-corrected chi connectivity index (χ4v) is 3.06. The lowest BCUT2D eigenvalue weighted by atomic mass is 10.0. The minimum absolute atomic E-state index is 0.0469. The highest BCUT2D eigenvalue weighted by molar-refractivity contribution is 5.94. The Morgan fingerprint density at radius 1 is 1.08 bits per heavy atom. The monoisotopic (exact) mass is 325 g/mol. The van der Waals surface area contributed by atoms with E-state index in [1.54, 1.807) is 0 Å². The fourth-order valence-electron chi connectivity index (χ4n) is 3.06. The van der Waals surface area contributed by atoms with E-state index in [2.05, 4.69) is 5.32 Å². The van der Waals surface area contributed by atoms with E-state index in [0.29, 0.717) is 12.0 Å². The van der Waals surface area contributed by atoms with Crippen LogP contribution in [0.4, 0.5) is 0 Å². The normalized spacial score (nSPS) is 15.3. The lowest BCUT2D eigenvalue weighted by molar-refractivity contribution is -0.131. The molecule has 1 saturated heterocycles. The number of hydrogen-bond donors (Lipinski definition) is 1. The second-order valence-electron chi connectivity index (χ2n) is 6.12. The first-order valence-corrected chi connectivity index (χ1v) is 8.49. The number of rotatable bonds is 4. The van der Waals surface area contributed by atoms with Crippen LogP contribution < -0.4 is 5.32 Å². The third-order valence-electron chi connectivity index (χ3n) is 4.52. The lowest BCUT2D eigenvalue weighted by Crippen LogP contribution is -2.46. The minimum atomic E-state index is -0.0469. The first-order chi connectivity index (χ1) is 11.7. The van der Waals surface area contributed by atoms with Crippen LogP contribution in [0.15, 0.2) is 48.8 Å². The molecule has 1 N–H and O–H groups in total. The summed E-state index contributed by atoms with van der Waals surface area (Å²) in [7, 11) is 0. The summed E-state index contributed by atoms with van der Waals surface area (Å²) < 4.78 is 2.00. The molecule has 0 aliphatic carbocycles. The molecule has 0 radical (unpaired) electrons. The van der Waals surface area contributed by atoms with Crippen molar-refractivity contribution in [1.29, 1.82) is 0 Å². The Hall–Kier alpha value is -2.56. The van der Waals surface area contributed by atoms with Crippen LogP contribution in [0.5, 0.6) is 0 Å². The van der Waals surface area contributed by atoms with Crippen LogP contribution in [0.2, 0.25) is 0 Å². The second-order valence-corrected chi connectivity index (χ2v) is 6.12. The zero-order valence-corrected chi connectivity index (χ0v) is 13.9. The lowest BCUT2D eigenvalue weighted by Gasteiger charge is -2.32. The van der Waals surface area contributed by atoms with E-state index < -0.39 is 0 Å². The summed E-state index contributed by atoms with van der Waals surface area (Å²) in [5.41, 5.74) is 1.70. The summed E-state index contributed by atoms with van der Waals surface area (Å²) >= 11 is 0. The third-order valence-corrected chi connectivity index (χ3v) is 4.52. The van der Waals surface area contributed by atoms with Gasteiger partial charge in [0.15, 0.2) is 0 Å². The van der Waals surface area contributed by atoms with Crippen molar-refractivity contribution in [3.05, 3.63) is 54.4 Å². The van der Waals surface area contributed by atoms with Crippen molar-refractivity contribution in [2.24, 2.45) is 0 Å². The van der Waals surface area contributed by atoms with Crippen LogP contribution in [0.1, 0.15) is 36.5 Å². The third kappa shape index (κ3) is 3.67. The van der Waals surface area contributed by atoms with E-state index >= 15 is 0 Å². The molecule has 126 valence electrons. The van der Waals surface area contributed by atoms with Crippen molar-refractivity contribution in [1.82, 2.24) is 14.8 Å². The molecule has 1 fully saturated rings. The second kappa shape index (κ2) is 7.34. The molecule has 1 aromatic carbocycles. The summed E-state index contributed by atoms with van der Waals surface area (Å²) in [6.07, 6.45) is 6.13. The number of nitrogens with zero attached hydrogens (tertiary/aromatic N) is 2. The smallest absolute Gasteiger partial charge is 0.251 e. The number of benzene rings is 1. The van der Waals surface area contributed by atoms with Crippen LogP contribution in [-0.4, -0.2) is 40.4 Å². The van der Waals surface area contributed by atoms with Gasteiger partial charge >= 0.3 is 0 Å². The van der Waals surface area contributed by atoms with E-state index in [1.165, 1.54) is 0 Å². The van der Waals surface area contributed by atoms with Crippen molar-refractivity contribution in [3.8, 4) is 5.69 Å². The van der Waals surface area contributed by atoms with Crippen LogP contribution in [0.3, 0.4) is 0 Å². The zero-order chi connectivity index (χ0) is 16.9. The standard InChI is InChI=1S/C19H23N3O2/c1-2-18(23)22-13-9-16(10-14-22)20-19(24)15-5-7-17(8-6-15)21-11-3-4-12-21/h3-8,11-12,16H,2,9-10,13-14H2,1H3,(H,20,24). The molecule has 0 unspecified atom stereocenters. The Morgan fingerprint density at radius 2 is 1.71 bits per heavy atom. The Bertz CT molecular complexity index is 684. The van der Waals surface area contributed by atoms with Gasteiger partial charge in [0, 0.05) is 49.2 Å². The Morgan fingerprint density at radius 3 is 2.29 bits per heavy atom. The van der Waals surface area contributed by atoms with E-state index in [9.17, 15) is 9.59 Å². The molecule has 0 spiro atoms. The molecule has 24 heavy (non-hydrogen) atoms. The molecular formula is C19H23N3O2. The van der Waals surface area contributed by atoms with Gasteiger partial charge in [-0.15, -0.1) is 0 Å². The molecule has 1 aromatic heterocycles. The van der Waals surface area contributed by atoms with Crippen molar-refractivity contribution in [2.45, 2.75) is 32.2 Å². The average molecular weight is 325 g/mol. The largest absolute Gasteiger partial charge is 0.349 e. The maximum absolute atomic E-state index is 12.4. The number of nitrogens with one attached hydrogen (secondary N) is 1. The summed E-state index contributed by atoms with van der Waals surface area (Å²) in [6.45, 7) is 3.34. The van der Waals surface area contributed by atoms with Crippen molar-refractivity contribution in [2.75, 3.05) is 13.1 Å². The van der Waals surface area contributed by atoms with Gasteiger partial charge in [0.1, 0.15) is 0 Å². The molecule has 5 nitrogen and oxygen atoms in total. The topological polar surface area (TPSA) is 54.3 Å². The number of amides is 2. The van der Waals surface area contributed by atoms with Gasteiger partial charge in [-0.25, -0.2) is 0 Å². The summed E-state index contributed by atoms with van der Waals surface area (Å²) in [5.74, 6) is 0.148. The molecular weight excluding hydrogens is 302 g/mol. The molecule has 1 aliphatic rings. The number of carbonyl (C=O) groups excluding carboxylic acids is 2. The number of likely N-dealkylation sites (tertiary alicyclic amines) is 1. The van der Waals surface area contributed by atoms with Crippen LogP contribution in [-0.2, 0) is 4.79 Å². The first kappa shape index (κ1) is 16.3. The predicted molar refractivity (Wildman–Crippen MR) is 93.1 cm³/mol. The van der Waals surface area contributed by atoms with Gasteiger partial charge in [0.05, 0.1) is 0 Å². The fraction of sp³-hybridized carbons (Fsp3) is 0.368. The van der Waals surface area contributed by atoms with Crippen molar-refractivity contribution >= 4 is 11.8 Å². The summed E-state index contributed by atoms with van der Waals surface area (Å²) in [4.78, 5) is 26.0. The zero-order valence-electron chi connectivity index (χ0n) is 13.9. The average Bonchev–Trinajstić information content (AvgIpc) is 3.16. The SMILES string of the molecule is CCC(=O)N1CCC(NC(=O)c2ccc(-n3cccc3)cc2)CC1. The summed E-state index contributed by atoms with van der Waals surface area (Å²) in [6, 6.07) is 11.7. The number of hydrogen-bond acceptors (Lipinski definition) is 2. The van der Waals surface area contributed by atoms with Gasteiger partial charge < -0.3 is 14.8 Å². The molecule has 0 saturated carbocycles. The van der Waals surface area contributed by atoms with Gasteiger partial charge in [-0.1, -0.05) is 6.92 Å². The molecule has 3 rings (SSSR count). The van der Waals surface area contributed by atoms with Crippen molar-refractivity contribution in [3.63, 3.8) is 0 Å². The van der Waals surface area contributed by atoms with Crippen LogP contribution >= 0.6 is 0 Å². The van der Waals surface area contributed by atoms with Gasteiger partial charge in [0.2, 0.25) is 5.91 Å². The highest BCUT2D eigenvalue weighted by Crippen LogP contribution is 2.14. The molecule has 2 aromatic rings. The van der Waals surface area contributed by atoms with E-state index in [-0.39, 0.29) is 17.9 Å². The van der Waals surface area contributed by atoms with Gasteiger partial charge in [0.25, 0.3) is 5.91 Å². The molecule has 1 aliphatic heterocycles. The highest BCUT2D eigenvalue weighted by atomic mass is 16.2. The number of carbonyl (C=O) groups is 2. The number of aromatic nitrogens is 1. The Labute approximate surface area is 142 Å². The van der Waals surface area contributed by atoms with Gasteiger partial charge in [-0.2, -0.15) is 0 Å². The van der Waals surface area contributed by atoms with Gasteiger partial charge in [-0.3, -0.25) is 9.59 Å². The summed E-state index contributed by atoms with van der Waals surface area (Å²) in [5, 5.41) is 3.08. The quantitative estimate of drug-likeness (QED) is 0.939. The maximum atomic E-state index is 12.4. The Balaban J connectivity index is 1.55. The maximum Gasteiger partial charge on any atom is 0.251 e. The molecule has 0 bridgehead atoms. The molecule has 0 atom stereocenters. The number of piperidine rings is 1. The molecule has 5 heteroatoms. The highest BCUT2D eigenvalue weighted by Gasteiger charge is 2.23. The van der Waals surface area contributed by atoms with E-state index in [1.807, 2.05) is 65.2 Å². The molecule has 2 heterocycles.